The number of hydrogen-bond donors (Lipinski definition) is 1. The van der Waals surface area contributed by atoms with Crippen molar-refractivity contribution in [3.8, 4) is 11.5 Å². The Morgan fingerprint density at radius 3 is 2.35 bits per heavy atom. The lowest BCUT2D eigenvalue weighted by atomic mass is 10.1. The van der Waals surface area contributed by atoms with E-state index in [1.807, 2.05) is 37.3 Å². The van der Waals surface area contributed by atoms with E-state index in [0.29, 0.717) is 36.8 Å². The first kappa shape index (κ1) is 26.8. The fourth-order valence-corrected chi connectivity index (χ4v) is 5.71. The molecule has 4 rings (SSSR count). The predicted octanol–water partition coefficient (Wildman–Crippen LogP) is 3.09. The number of sulfonamides is 1. The maximum absolute atomic E-state index is 13.8. The molecule has 2 aliphatic rings. The second-order valence-electron chi connectivity index (χ2n) is 9.52. The molecular weight excluding hydrogens is 494 g/mol. The number of amides is 2. The Morgan fingerprint density at radius 1 is 1.03 bits per heavy atom. The van der Waals surface area contributed by atoms with Gasteiger partial charge in [0.15, 0.2) is 11.5 Å². The molecule has 1 N–H and O–H groups in total. The highest BCUT2D eigenvalue weighted by Gasteiger charge is 2.33. The first-order chi connectivity index (χ1) is 17.8. The van der Waals surface area contributed by atoms with Gasteiger partial charge in [-0.1, -0.05) is 50.1 Å². The van der Waals surface area contributed by atoms with Crippen LogP contribution in [-0.2, 0) is 26.2 Å². The predicted molar refractivity (Wildman–Crippen MR) is 141 cm³/mol. The number of nitrogens with one attached hydrogen (secondary N) is 1. The van der Waals surface area contributed by atoms with Crippen LogP contribution in [0, 0.1) is 0 Å². The summed E-state index contributed by atoms with van der Waals surface area (Å²) in [7, 11) is -3.83. The number of benzene rings is 2. The number of carbonyl (C=O) groups is 2. The van der Waals surface area contributed by atoms with E-state index in [-0.39, 0.29) is 18.5 Å². The highest BCUT2D eigenvalue weighted by atomic mass is 32.2. The summed E-state index contributed by atoms with van der Waals surface area (Å²) < 4.78 is 37.9. The second kappa shape index (κ2) is 11.9. The number of nitrogens with zero attached hydrogens (tertiary/aromatic N) is 2. The number of rotatable bonds is 10. The smallest absolute Gasteiger partial charge is 0.244 e. The van der Waals surface area contributed by atoms with Gasteiger partial charge in [0.2, 0.25) is 21.8 Å². The van der Waals surface area contributed by atoms with E-state index in [1.54, 1.807) is 18.2 Å². The molecule has 2 amide bonds. The van der Waals surface area contributed by atoms with Gasteiger partial charge < -0.3 is 19.7 Å². The van der Waals surface area contributed by atoms with Crippen LogP contribution in [0.3, 0.4) is 0 Å². The maximum Gasteiger partial charge on any atom is 0.244 e. The molecule has 2 aromatic carbocycles. The van der Waals surface area contributed by atoms with Crippen LogP contribution in [0.2, 0.25) is 0 Å². The summed E-state index contributed by atoms with van der Waals surface area (Å²) >= 11 is 0. The first-order valence-electron chi connectivity index (χ1n) is 12.8. The molecule has 0 unspecified atom stereocenters. The summed E-state index contributed by atoms with van der Waals surface area (Å²) in [5.74, 6) is 0.282. The van der Waals surface area contributed by atoms with E-state index >= 15 is 0 Å². The number of ether oxygens (including phenoxy) is 2. The lowest BCUT2D eigenvalue weighted by molar-refractivity contribution is -0.140. The van der Waals surface area contributed by atoms with Gasteiger partial charge >= 0.3 is 0 Å². The van der Waals surface area contributed by atoms with Crippen molar-refractivity contribution in [2.75, 3.05) is 30.3 Å². The van der Waals surface area contributed by atoms with Crippen LogP contribution in [0.1, 0.15) is 44.6 Å². The number of carbonyl (C=O) groups excluding carboxylic acids is 2. The number of fused-ring (bicyclic) bond motifs is 1. The molecule has 1 aliphatic heterocycles. The molecule has 1 aliphatic carbocycles. The molecule has 0 spiro atoms. The Kier molecular flexibility index (Phi) is 8.58. The van der Waals surface area contributed by atoms with Crippen LogP contribution in [0.5, 0.6) is 11.5 Å². The van der Waals surface area contributed by atoms with Gasteiger partial charge in [0.1, 0.15) is 25.8 Å². The molecule has 37 heavy (non-hydrogen) atoms. The molecule has 1 saturated carbocycles. The zero-order valence-electron chi connectivity index (χ0n) is 21.4. The standard InChI is InChI=1S/C27H35N3O6S/c1-3-23(27(32)28-21-11-7-8-12-21)29(18-20-9-5-4-6-10-20)26(31)19-30(37(2,33)34)22-13-14-24-25(17-22)36-16-15-35-24/h4-6,9-10,13-14,17,21,23H,3,7-8,11-12,15-16,18-19H2,1-2H3,(H,28,32)/t23-/m1/s1. The van der Waals surface area contributed by atoms with Gasteiger partial charge in [-0.3, -0.25) is 13.9 Å². The topological polar surface area (TPSA) is 105 Å². The second-order valence-corrected chi connectivity index (χ2v) is 11.4. The van der Waals surface area contributed by atoms with E-state index in [0.717, 1.165) is 41.8 Å². The normalized spacial score (nSPS) is 16.2. The highest BCUT2D eigenvalue weighted by Crippen LogP contribution is 2.34. The lowest BCUT2D eigenvalue weighted by Crippen LogP contribution is -2.53. The summed E-state index contributed by atoms with van der Waals surface area (Å²) in [6.07, 6.45) is 5.48. The Morgan fingerprint density at radius 2 is 1.70 bits per heavy atom. The average Bonchev–Trinajstić information content (AvgIpc) is 3.39. The molecule has 0 radical (unpaired) electrons. The molecule has 200 valence electrons. The van der Waals surface area contributed by atoms with Crippen molar-refractivity contribution in [3.05, 3.63) is 54.1 Å². The zero-order chi connectivity index (χ0) is 26.4. The van der Waals surface area contributed by atoms with Crippen LogP contribution in [-0.4, -0.2) is 63.2 Å². The average molecular weight is 530 g/mol. The van der Waals surface area contributed by atoms with Gasteiger partial charge in [0, 0.05) is 18.7 Å². The van der Waals surface area contributed by atoms with Crippen LogP contribution in [0.25, 0.3) is 0 Å². The number of anilines is 1. The van der Waals surface area contributed by atoms with Crippen molar-refractivity contribution >= 4 is 27.5 Å². The number of hydrogen-bond acceptors (Lipinski definition) is 6. The summed E-state index contributed by atoms with van der Waals surface area (Å²) in [6.45, 7) is 2.37. The van der Waals surface area contributed by atoms with Gasteiger partial charge in [-0.2, -0.15) is 0 Å². The Hall–Kier alpha value is -3.27. The minimum Gasteiger partial charge on any atom is -0.486 e. The van der Waals surface area contributed by atoms with Gasteiger partial charge in [0.25, 0.3) is 0 Å². The van der Waals surface area contributed by atoms with E-state index in [9.17, 15) is 18.0 Å². The third-order valence-corrected chi connectivity index (χ3v) is 7.92. The first-order valence-corrected chi connectivity index (χ1v) is 14.6. The van der Waals surface area contributed by atoms with Crippen LogP contribution in [0.4, 0.5) is 5.69 Å². The van der Waals surface area contributed by atoms with Crippen molar-refractivity contribution in [1.29, 1.82) is 0 Å². The van der Waals surface area contributed by atoms with Crippen molar-refractivity contribution in [3.63, 3.8) is 0 Å². The van der Waals surface area contributed by atoms with Crippen molar-refractivity contribution in [1.82, 2.24) is 10.2 Å². The fraction of sp³-hybridized carbons (Fsp3) is 0.481. The monoisotopic (exact) mass is 529 g/mol. The van der Waals surface area contributed by atoms with Gasteiger partial charge in [-0.05, 0) is 37.0 Å². The van der Waals surface area contributed by atoms with Crippen molar-refractivity contribution < 1.29 is 27.5 Å². The molecule has 0 saturated heterocycles. The molecule has 2 aromatic rings. The van der Waals surface area contributed by atoms with Gasteiger partial charge in [0.05, 0.1) is 11.9 Å². The maximum atomic E-state index is 13.8. The summed E-state index contributed by atoms with van der Waals surface area (Å²) in [4.78, 5) is 28.6. The molecular formula is C27H35N3O6S. The molecule has 10 heteroatoms. The molecule has 0 aromatic heterocycles. The highest BCUT2D eigenvalue weighted by molar-refractivity contribution is 7.92. The van der Waals surface area contributed by atoms with E-state index in [4.69, 9.17) is 9.47 Å². The minimum absolute atomic E-state index is 0.112. The zero-order valence-corrected chi connectivity index (χ0v) is 22.2. The SMILES string of the molecule is CC[C@H](C(=O)NC1CCCC1)N(Cc1ccccc1)C(=O)CN(c1ccc2c(c1)OCCO2)S(C)(=O)=O. The van der Waals surface area contributed by atoms with E-state index < -0.39 is 28.5 Å². The van der Waals surface area contributed by atoms with E-state index in [2.05, 4.69) is 5.32 Å². The third-order valence-electron chi connectivity index (χ3n) is 6.78. The van der Waals surface area contributed by atoms with Gasteiger partial charge in [-0.25, -0.2) is 8.42 Å². The summed E-state index contributed by atoms with van der Waals surface area (Å²) in [5, 5.41) is 3.11. The molecule has 1 atom stereocenters. The van der Waals surface area contributed by atoms with Crippen molar-refractivity contribution in [2.45, 2.75) is 57.7 Å². The lowest BCUT2D eigenvalue weighted by Gasteiger charge is -2.33. The molecule has 9 nitrogen and oxygen atoms in total. The Balaban J connectivity index is 1.61. The fourth-order valence-electron chi connectivity index (χ4n) is 4.87. The van der Waals surface area contributed by atoms with Gasteiger partial charge in [-0.15, -0.1) is 0 Å². The molecule has 0 bridgehead atoms. The molecule has 1 heterocycles. The van der Waals surface area contributed by atoms with Crippen molar-refractivity contribution in [2.24, 2.45) is 0 Å². The van der Waals surface area contributed by atoms with E-state index in [1.165, 1.54) is 4.90 Å². The Labute approximate surface area is 218 Å². The summed E-state index contributed by atoms with van der Waals surface area (Å²) in [6, 6.07) is 13.6. The third kappa shape index (κ3) is 6.74. The van der Waals surface area contributed by atoms with Crippen LogP contribution < -0.4 is 19.1 Å². The van der Waals surface area contributed by atoms with Crippen LogP contribution in [0.15, 0.2) is 48.5 Å². The largest absolute Gasteiger partial charge is 0.486 e. The summed E-state index contributed by atoms with van der Waals surface area (Å²) in [5.41, 5.74) is 1.15. The van der Waals surface area contributed by atoms with Crippen LogP contribution >= 0.6 is 0 Å². The molecule has 1 fully saturated rings. The minimum atomic E-state index is -3.83. The quantitative estimate of drug-likeness (QED) is 0.507. The Bertz CT molecular complexity index is 1200.